The number of benzene rings is 2. The molecule has 2 N–H and O–H groups in total. The molecule has 0 fully saturated rings. The molecule has 0 spiro atoms. The van der Waals surface area contributed by atoms with E-state index in [1.807, 2.05) is 6.07 Å². The number of methoxy groups -OCH3 is 2. The van der Waals surface area contributed by atoms with Gasteiger partial charge in [0, 0.05) is 17.2 Å². The highest BCUT2D eigenvalue weighted by Crippen LogP contribution is 2.57. The molecule has 3 aliphatic rings. The zero-order valence-electron chi connectivity index (χ0n) is 14.1. The van der Waals surface area contributed by atoms with E-state index in [0.29, 0.717) is 17.2 Å². The summed E-state index contributed by atoms with van der Waals surface area (Å²) in [6.07, 6.45) is 1.70. The fourth-order valence-electron chi connectivity index (χ4n) is 4.32. The average molecular weight is 341 g/mol. The summed E-state index contributed by atoms with van der Waals surface area (Å²) >= 11 is 0. The van der Waals surface area contributed by atoms with Gasteiger partial charge in [-0.3, -0.25) is 0 Å². The lowest BCUT2D eigenvalue weighted by atomic mass is 9.76. The number of aromatic hydroxyl groups is 1. The third-order valence-electron chi connectivity index (χ3n) is 5.33. The Hall–Kier alpha value is -2.60. The van der Waals surface area contributed by atoms with Crippen LogP contribution >= 0.6 is 0 Å². The molecule has 130 valence electrons. The van der Waals surface area contributed by atoms with Gasteiger partial charge in [-0.1, -0.05) is 0 Å². The van der Waals surface area contributed by atoms with Gasteiger partial charge in [-0.25, -0.2) is 0 Å². The number of fused-ring (bicyclic) bond motifs is 4. The third-order valence-corrected chi connectivity index (χ3v) is 5.33. The van der Waals surface area contributed by atoms with Crippen LogP contribution in [0.25, 0.3) is 11.1 Å². The first-order valence-electron chi connectivity index (χ1n) is 8.38. The van der Waals surface area contributed by atoms with Crippen molar-refractivity contribution in [2.45, 2.75) is 18.9 Å². The van der Waals surface area contributed by atoms with Crippen LogP contribution in [-0.4, -0.2) is 32.7 Å². The van der Waals surface area contributed by atoms with Crippen LogP contribution in [0.1, 0.15) is 22.7 Å². The second-order valence-corrected chi connectivity index (χ2v) is 6.51. The monoisotopic (exact) mass is 341 g/mol. The molecule has 0 saturated heterocycles. The van der Waals surface area contributed by atoms with Crippen molar-refractivity contribution >= 4 is 0 Å². The van der Waals surface area contributed by atoms with E-state index in [4.69, 9.17) is 18.9 Å². The molecule has 0 amide bonds. The average Bonchev–Trinajstić information content (AvgIpc) is 3.10. The summed E-state index contributed by atoms with van der Waals surface area (Å²) in [7, 11) is 3.24. The second kappa shape index (κ2) is 5.20. The van der Waals surface area contributed by atoms with Crippen molar-refractivity contribution in [3.8, 4) is 39.9 Å². The third kappa shape index (κ3) is 1.88. The minimum absolute atomic E-state index is 0.126. The quantitative estimate of drug-likeness (QED) is 0.875. The first-order valence-corrected chi connectivity index (χ1v) is 8.38. The molecule has 6 nitrogen and oxygen atoms in total. The maximum Gasteiger partial charge on any atom is 0.231 e. The van der Waals surface area contributed by atoms with Crippen LogP contribution in [0.2, 0.25) is 0 Å². The molecule has 6 heteroatoms. The number of rotatable bonds is 2. The van der Waals surface area contributed by atoms with Gasteiger partial charge in [0.15, 0.2) is 23.0 Å². The van der Waals surface area contributed by atoms with Crippen LogP contribution in [0.4, 0.5) is 0 Å². The molecule has 2 aliphatic heterocycles. The molecule has 5 rings (SSSR count). The summed E-state index contributed by atoms with van der Waals surface area (Å²) in [6, 6.07) is 3.86. The summed E-state index contributed by atoms with van der Waals surface area (Å²) in [6.45, 7) is 1.06. The predicted octanol–water partition coefficient (Wildman–Crippen LogP) is 2.55. The van der Waals surface area contributed by atoms with Gasteiger partial charge in [0.05, 0.1) is 14.2 Å². The Bertz CT molecular complexity index is 892. The Kier molecular flexibility index (Phi) is 3.06. The summed E-state index contributed by atoms with van der Waals surface area (Å²) < 4.78 is 22.5. The summed E-state index contributed by atoms with van der Waals surface area (Å²) in [4.78, 5) is 0. The molecule has 2 heterocycles. The molecule has 25 heavy (non-hydrogen) atoms. The minimum atomic E-state index is 0.126. The summed E-state index contributed by atoms with van der Waals surface area (Å²) in [5.41, 5.74) is 5.46. The molecule has 2 aromatic rings. The topological polar surface area (TPSA) is 69.2 Å². The maximum absolute atomic E-state index is 10.3. The van der Waals surface area contributed by atoms with E-state index in [-0.39, 0.29) is 18.6 Å². The second-order valence-electron chi connectivity index (χ2n) is 6.51. The lowest BCUT2D eigenvalue weighted by molar-refractivity contribution is 0.171. The highest BCUT2D eigenvalue weighted by molar-refractivity contribution is 5.87. The van der Waals surface area contributed by atoms with E-state index in [9.17, 15) is 5.11 Å². The molecule has 0 radical (unpaired) electrons. The van der Waals surface area contributed by atoms with E-state index < -0.39 is 0 Å². The molecular formula is C19H19NO5. The van der Waals surface area contributed by atoms with Crippen LogP contribution in [0, 0.1) is 0 Å². The molecule has 0 bridgehead atoms. The lowest BCUT2D eigenvalue weighted by Gasteiger charge is -2.35. The van der Waals surface area contributed by atoms with E-state index in [1.54, 1.807) is 20.3 Å². The van der Waals surface area contributed by atoms with Gasteiger partial charge in [-0.2, -0.15) is 0 Å². The van der Waals surface area contributed by atoms with Gasteiger partial charge < -0.3 is 29.4 Å². The first kappa shape index (κ1) is 14.7. The Morgan fingerprint density at radius 1 is 1.16 bits per heavy atom. The fraction of sp³-hybridized carbons (Fsp3) is 0.368. The van der Waals surface area contributed by atoms with Gasteiger partial charge in [0.25, 0.3) is 0 Å². The Morgan fingerprint density at radius 2 is 2.00 bits per heavy atom. The predicted molar refractivity (Wildman–Crippen MR) is 90.9 cm³/mol. The molecule has 1 atom stereocenters. The minimum Gasteiger partial charge on any atom is -0.504 e. The first-order chi connectivity index (χ1) is 12.2. The van der Waals surface area contributed by atoms with E-state index >= 15 is 0 Å². The Balaban J connectivity index is 1.87. The normalized spacial score (nSPS) is 19.2. The Labute approximate surface area is 145 Å². The van der Waals surface area contributed by atoms with Crippen LogP contribution in [0.5, 0.6) is 28.7 Å². The van der Waals surface area contributed by atoms with Gasteiger partial charge in [0.1, 0.15) is 0 Å². The Morgan fingerprint density at radius 3 is 2.80 bits per heavy atom. The number of ether oxygens (including phenoxy) is 4. The van der Waals surface area contributed by atoms with Crippen LogP contribution < -0.4 is 24.3 Å². The van der Waals surface area contributed by atoms with Crippen LogP contribution in [0.3, 0.4) is 0 Å². The van der Waals surface area contributed by atoms with Crippen molar-refractivity contribution in [1.29, 1.82) is 0 Å². The van der Waals surface area contributed by atoms with Gasteiger partial charge in [-0.05, 0) is 48.2 Å². The molecule has 2 aromatic carbocycles. The van der Waals surface area contributed by atoms with E-state index in [1.165, 1.54) is 11.1 Å². The smallest absolute Gasteiger partial charge is 0.231 e. The van der Waals surface area contributed by atoms with Crippen molar-refractivity contribution < 1.29 is 24.1 Å². The van der Waals surface area contributed by atoms with Gasteiger partial charge >= 0.3 is 0 Å². The molecule has 0 unspecified atom stereocenters. The standard InChI is InChI=1S/C19H19NO5/c1-22-14-6-9-5-12-15-10(3-4-20-12)17(23-2)19-18(24-8-25-19)16(15)11(9)7-13(14)21/h6-7,12,20-21H,3-5,8H2,1-2H3/t12-/m0/s1. The molecule has 0 aromatic heterocycles. The summed E-state index contributed by atoms with van der Waals surface area (Å²) in [5, 5.41) is 13.9. The number of hydrogen-bond donors (Lipinski definition) is 2. The van der Waals surface area contributed by atoms with E-state index in [0.717, 1.165) is 41.8 Å². The zero-order chi connectivity index (χ0) is 17.1. The van der Waals surface area contributed by atoms with Crippen LogP contribution in [0.15, 0.2) is 12.1 Å². The highest BCUT2D eigenvalue weighted by Gasteiger charge is 2.39. The largest absolute Gasteiger partial charge is 0.504 e. The number of hydrogen-bond acceptors (Lipinski definition) is 6. The lowest BCUT2D eigenvalue weighted by Crippen LogP contribution is -2.34. The van der Waals surface area contributed by atoms with Gasteiger partial charge in [0.2, 0.25) is 12.5 Å². The van der Waals surface area contributed by atoms with Crippen molar-refractivity contribution in [2.75, 3.05) is 27.6 Å². The highest BCUT2D eigenvalue weighted by atomic mass is 16.7. The molecule has 1 aliphatic carbocycles. The zero-order valence-corrected chi connectivity index (χ0v) is 14.1. The van der Waals surface area contributed by atoms with Crippen LogP contribution in [-0.2, 0) is 12.8 Å². The number of nitrogens with one attached hydrogen (secondary N) is 1. The number of phenols is 1. The molecular weight excluding hydrogens is 322 g/mol. The SMILES string of the molecule is COc1cc2c(cc1O)-c1c3c(c(OC)c4c1[C@H](C2)NCC4)OCO3. The summed E-state index contributed by atoms with van der Waals surface area (Å²) in [5.74, 6) is 2.76. The van der Waals surface area contributed by atoms with Crippen molar-refractivity contribution in [2.24, 2.45) is 0 Å². The van der Waals surface area contributed by atoms with E-state index in [2.05, 4.69) is 5.32 Å². The molecule has 0 saturated carbocycles. The fourth-order valence-corrected chi connectivity index (χ4v) is 4.32. The van der Waals surface area contributed by atoms with Crippen molar-refractivity contribution in [1.82, 2.24) is 5.32 Å². The van der Waals surface area contributed by atoms with Crippen molar-refractivity contribution in [3.63, 3.8) is 0 Å². The maximum atomic E-state index is 10.3. The van der Waals surface area contributed by atoms with Crippen molar-refractivity contribution in [3.05, 3.63) is 28.8 Å². The van der Waals surface area contributed by atoms with Gasteiger partial charge in [-0.15, -0.1) is 0 Å². The number of phenolic OH excluding ortho intramolecular Hbond substituents is 1.